The van der Waals surface area contributed by atoms with E-state index in [1.165, 1.54) is 23.5 Å². The number of piperidine rings is 1. The fourth-order valence-electron chi connectivity index (χ4n) is 4.21. The Morgan fingerprint density at radius 3 is 2.85 bits per heavy atom. The molecule has 1 amide bonds. The number of nitrogens with zero attached hydrogens (tertiary/aromatic N) is 1. The Kier molecular flexibility index (Phi) is 3.98. The van der Waals surface area contributed by atoms with Crippen molar-refractivity contribution >= 4 is 33.1 Å². The smallest absolute Gasteiger partial charge is 0.228 e. The molecule has 1 atom stereocenters. The molecule has 3 aromatic rings. The summed E-state index contributed by atoms with van der Waals surface area (Å²) in [6, 6.07) is 12.3. The minimum atomic E-state index is -0.330. The van der Waals surface area contributed by atoms with Gasteiger partial charge in [-0.1, -0.05) is 12.1 Å². The van der Waals surface area contributed by atoms with Crippen LogP contribution in [0.2, 0.25) is 0 Å². The first-order valence-electron chi connectivity index (χ1n) is 9.32. The number of fused-ring (bicyclic) bond motifs is 1. The molecule has 0 bridgehead atoms. The summed E-state index contributed by atoms with van der Waals surface area (Å²) in [6.45, 7) is 1.97. The molecule has 138 valence electrons. The summed E-state index contributed by atoms with van der Waals surface area (Å²) in [6.07, 6.45) is 3.07. The molecule has 1 saturated heterocycles. The predicted octanol–water partition coefficient (Wildman–Crippen LogP) is 4.43. The van der Waals surface area contributed by atoms with Crippen LogP contribution in [0.5, 0.6) is 0 Å². The molecule has 2 aromatic carbocycles. The van der Waals surface area contributed by atoms with Crippen LogP contribution in [0.15, 0.2) is 42.5 Å². The lowest BCUT2D eigenvalue weighted by Crippen LogP contribution is -2.31. The lowest BCUT2D eigenvalue weighted by atomic mass is 9.91. The van der Waals surface area contributed by atoms with Gasteiger partial charge < -0.3 is 10.6 Å². The lowest BCUT2D eigenvalue weighted by molar-refractivity contribution is -0.118. The first-order chi connectivity index (χ1) is 13.1. The second kappa shape index (κ2) is 6.39. The Balaban J connectivity index is 1.44. The highest BCUT2D eigenvalue weighted by Gasteiger charge is 2.57. The van der Waals surface area contributed by atoms with Crippen LogP contribution < -0.4 is 10.6 Å². The van der Waals surface area contributed by atoms with Crippen molar-refractivity contribution in [2.45, 2.75) is 19.3 Å². The first-order valence-corrected chi connectivity index (χ1v) is 10.1. The number of aromatic nitrogens is 1. The molecule has 1 saturated carbocycles. The maximum Gasteiger partial charge on any atom is 0.228 e. The predicted molar refractivity (Wildman–Crippen MR) is 106 cm³/mol. The molecule has 2 aliphatic rings. The molecule has 6 heteroatoms. The van der Waals surface area contributed by atoms with Crippen LogP contribution in [0.4, 0.5) is 10.1 Å². The van der Waals surface area contributed by atoms with Gasteiger partial charge in [0.05, 0.1) is 15.9 Å². The van der Waals surface area contributed by atoms with Gasteiger partial charge >= 0.3 is 0 Å². The molecule has 27 heavy (non-hydrogen) atoms. The molecular weight excluding hydrogens is 361 g/mol. The molecule has 1 spiro atoms. The quantitative estimate of drug-likeness (QED) is 0.706. The minimum absolute atomic E-state index is 0.0471. The molecule has 1 aliphatic carbocycles. The second-order valence-corrected chi connectivity index (χ2v) is 8.57. The van der Waals surface area contributed by atoms with Crippen LogP contribution in [0, 0.1) is 17.2 Å². The van der Waals surface area contributed by atoms with E-state index in [1.54, 1.807) is 6.07 Å². The Bertz CT molecular complexity index is 992. The summed E-state index contributed by atoms with van der Waals surface area (Å²) in [7, 11) is 0. The van der Waals surface area contributed by atoms with Crippen molar-refractivity contribution in [3.8, 4) is 10.6 Å². The Morgan fingerprint density at radius 2 is 2.04 bits per heavy atom. The van der Waals surface area contributed by atoms with Crippen LogP contribution in [0.25, 0.3) is 20.8 Å². The zero-order chi connectivity index (χ0) is 18.4. The number of hydrogen-bond acceptors (Lipinski definition) is 4. The van der Waals surface area contributed by atoms with Crippen molar-refractivity contribution in [2.24, 2.45) is 11.3 Å². The van der Waals surface area contributed by atoms with Gasteiger partial charge in [-0.25, -0.2) is 9.37 Å². The zero-order valence-electron chi connectivity index (χ0n) is 14.8. The molecular formula is C21H20FN3OS. The fraction of sp³-hybridized carbons (Fsp3) is 0.333. The van der Waals surface area contributed by atoms with E-state index in [-0.39, 0.29) is 23.1 Å². The van der Waals surface area contributed by atoms with E-state index < -0.39 is 0 Å². The molecule has 1 aromatic heterocycles. The molecule has 4 nitrogen and oxygen atoms in total. The van der Waals surface area contributed by atoms with Gasteiger partial charge in [-0.05, 0) is 68.1 Å². The number of carbonyl (C=O) groups is 1. The highest BCUT2D eigenvalue weighted by molar-refractivity contribution is 7.21. The van der Waals surface area contributed by atoms with E-state index in [0.29, 0.717) is 11.3 Å². The summed E-state index contributed by atoms with van der Waals surface area (Å²) in [5.74, 6) is -0.220. The number of rotatable bonds is 3. The van der Waals surface area contributed by atoms with E-state index in [1.807, 2.05) is 24.3 Å². The van der Waals surface area contributed by atoms with Crippen LogP contribution in [-0.2, 0) is 4.79 Å². The third-order valence-electron chi connectivity index (χ3n) is 5.87. The number of hydrogen-bond donors (Lipinski definition) is 2. The van der Waals surface area contributed by atoms with E-state index in [2.05, 4.69) is 15.6 Å². The molecule has 1 unspecified atom stereocenters. The average molecular weight is 381 g/mol. The molecule has 2 N–H and O–H groups in total. The normalized spacial score (nSPS) is 20.7. The molecule has 5 rings (SSSR count). The van der Waals surface area contributed by atoms with Gasteiger partial charge in [-0.15, -0.1) is 11.3 Å². The van der Waals surface area contributed by atoms with Crippen molar-refractivity contribution in [3.63, 3.8) is 0 Å². The van der Waals surface area contributed by atoms with E-state index in [0.717, 1.165) is 47.6 Å². The number of halogens is 1. The van der Waals surface area contributed by atoms with Crippen LogP contribution in [-0.4, -0.2) is 24.0 Å². The van der Waals surface area contributed by atoms with Crippen molar-refractivity contribution in [1.29, 1.82) is 0 Å². The zero-order valence-corrected chi connectivity index (χ0v) is 15.6. The molecule has 2 fully saturated rings. The van der Waals surface area contributed by atoms with Crippen LogP contribution in [0.1, 0.15) is 19.3 Å². The maximum atomic E-state index is 13.9. The van der Waals surface area contributed by atoms with E-state index >= 15 is 0 Å². The summed E-state index contributed by atoms with van der Waals surface area (Å²) >= 11 is 1.51. The van der Waals surface area contributed by atoms with E-state index in [9.17, 15) is 9.18 Å². The SMILES string of the molecule is O=C(Nc1ccc(F)cc1-c1nc2ccccc2s1)C1CC12CCNCC2. The number of amides is 1. The average Bonchev–Trinajstić information content (AvgIpc) is 3.19. The van der Waals surface area contributed by atoms with Crippen molar-refractivity contribution in [1.82, 2.24) is 10.3 Å². The van der Waals surface area contributed by atoms with Gasteiger partial charge in [-0.2, -0.15) is 0 Å². The van der Waals surface area contributed by atoms with Gasteiger partial charge in [0.25, 0.3) is 0 Å². The molecule has 0 radical (unpaired) electrons. The summed E-state index contributed by atoms with van der Waals surface area (Å²) in [5, 5.41) is 7.13. The molecule has 1 aliphatic heterocycles. The summed E-state index contributed by atoms with van der Waals surface area (Å²) in [4.78, 5) is 17.5. The number of anilines is 1. The third-order valence-corrected chi connectivity index (χ3v) is 6.94. The molecule has 2 heterocycles. The Morgan fingerprint density at radius 1 is 1.22 bits per heavy atom. The monoisotopic (exact) mass is 381 g/mol. The maximum absolute atomic E-state index is 13.9. The van der Waals surface area contributed by atoms with Crippen LogP contribution in [0.3, 0.4) is 0 Å². The van der Waals surface area contributed by atoms with Gasteiger partial charge in [0.15, 0.2) is 0 Å². The van der Waals surface area contributed by atoms with Crippen molar-refractivity contribution < 1.29 is 9.18 Å². The summed E-state index contributed by atoms with van der Waals surface area (Å²) in [5.41, 5.74) is 2.33. The van der Waals surface area contributed by atoms with Crippen molar-refractivity contribution in [2.75, 3.05) is 18.4 Å². The number of benzene rings is 2. The second-order valence-electron chi connectivity index (χ2n) is 7.53. The van der Waals surface area contributed by atoms with E-state index in [4.69, 9.17) is 0 Å². The highest BCUT2D eigenvalue weighted by Crippen LogP contribution is 2.59. The first kappa shape index (κ1) is 16.8. The topological polar surface area (TPSA) is 54.0 Å². The Hall–Kier alpha value is -2.31. The minimum Gasteiger partial charge on any atom is -0.325 e. The third kappa shape index (κ3) is 3.03. The number of thiazole rings is 1. The number of carbonyl (C=O) groups excluding carboxylic acids is 1. The van der Waals surface area contributed by atoms with Gasteiger partial charge in [-0.3, -0.25) is 4.79 Å². The fourth-order valence-corrected chi connectivity index (χ4v) is 5.20. The highest BCUT2D eigenvalue weighted by atomic mass is 32.1. The summed E-state index contributed by atoms with van der Waals surface area (Å²) < 4.78 is 15.0. The Labute approximate surface area is 160 Å². The number of nitrogens with one attached hydrogen (secondary N) is 2. The lowest BCUT2D eigenvalue weighted by Gasteiger charge is -2.23. The number of para-hydroxylation sites is 1. The van der Waals surface area contributed by atoms with Gasteiger partial charge in [0, 0.05) is 11.5 Å². The van der Waals surface area contributed by atoms with Crippen LogP contribution >= 0.6 is 11.3 Å². The van der Waals surface area contributed by atoms with Gasteiger partial charge in [0.1, 0.15) is 10.8 Å². The van der Waals surface area contributed by atoms with Crippen molar-refractivity contribution in [3.05, 3.63) is 48.3 Å². The van der Waals surface area contributed by atoms with Gasteiger partial charge in [0.2, 0.25) is 5.91 Å². The standard InChI is InChI=1S/C21H20FN3OS/c22-13-5-6-16(24-19(26)15-12-21(15)7-9-23-10-8-21)14(11-13)20-25-17-3-1-2-4-18(17)27-20/h1-6,11,15,23H,7-10,12H2,(H,24,26). The largest absolute Gasteiger partial charge is 0.325 e.